The molecule has 0 aromatic heterocycles. The van der Waals surface area contributed by atoms with Gasteiger partial charge in [-0.25, -0.2) is 0 Å². The van der Waals surface area contributed by atoms with Gasteiger partial charge in [-0.3, -0.25) is 4.79 Å². The van der Waals surface area contributed by atoms with E-state index in [9.17, 15) is 14.7 Å². The molecule has 2 fully saturated rings. The molecular weight excluding hydrogens is 390 g/mol. The van der Waals surface area contributed by atoms with Gasteiger partial charge in [0.1, 0.15) is 0 Å². The van der Waals surface area contributed by atoms with Crippen molar-refractivity contribution in [3.63, 3.8) is 0 Å². The zero-order valence-corrected chi connectivity index (χ0v) is 18.0. The van der Waals surface area contributed by atoms with Crippen LogP contribution in [0.15, 0.2) is 48.5 Å². The summed E-state index contributed by atoms with van der Waals surface area (Å²) >= 11 is 0. The molecule has 1 saturated heterocycles. The number of rotatable bonds is 5. The third-order valence-electron chi connectivity index (χ3n) is 6.64. The maximum Gasteiger partial charge on any atom is 0.228 e. The maximum atomic E-state index is 12.6. The molecule has 1 aliphatic carbocycles. The second kappa shape index (κ2) is 9.41. The summed E-state index contributed by atoms with van der Waals surface area (Å²) in [5, 5.41) is 14.3. The standard InChI is InChI=1S/C25H31N3O3/c1-18-6-2-5-9-23(18)28-16-14-27(15-17-28)20-12-10-19(11-13-20)26-24(29)21-7-3-4-8-22(21)25(30)31/h2,5-6,9-13,21-22H,3-4,7-8,14-17H2,1H3,(H,26,29)(H,30,31)/p-1/t21-,22+/m0/s1. The van der Waals surface area contributed by atoms with Crippen LogP contribution in [0.3, 0.4) is 0 Å². The lowest BCUT2D eigenvalue weighted by molar-refractivity contribution is -0.313. The van der Waals surface area contributed by atoms with Gasteiger partial charge in [-0.05, 0) is 55.7 Å². The van der Waals surface area contributed by atoms with Gasteiger partial charge in [0.2, 0.25) is 5.91 Å². The predicted octanol–water partition coefficient (Wildman–Crippen LogP) is 2.82. The molecule has 2 aromatic rings. The number of benzene rings is 2. The number of carbonyl (C=O) groups is 2. The van der Waals surface area contributed by atoms with Crippen molar-refractivity contribution in [1.82, 2.24) is 0 Å². The molecule has 6 heteroatoms. The normalized spacial score (nSPS) is 21.6. The monoisotopic (exact) mass is 420 g/mol. The first-order chi connectivity index (χ1) is 15.0. The number of para-hydroxylation sites is 1. The number of nitrogens with zero attached hydrogens (tertiary/aromatic N) is 2. The molecule has 31 heavy (non-hydrogen) atoms. The van der Waals surface area contributed by atoms with Crippen molar-refractivity contribution in [1.29, 1.82) is 0 Å². The van der Waals surface area contributed by atoms with E-state index in [4.69, 9.17) is 0 Å². The lowest BCUT2D eigenvalue weighted by Gasteiger charge is -2.38. The number of anilines is 3. The predicted molar refractivity (Wildman–Crippen MR) is 121 cm³/mol. The Kier molecular flexibility index (Phi) is 6.44. The van der Waals surface area contributed by atoms with Crippen LogP contribution in [-0.4, -0.2) is 38.1 Å². The van der Waals surface area contributed by atoms with Crippen LogP contribution in [0.4, 0.5) is 17.1 Å². The van der Waals surface area contributed by atoms with E-state index in [2.05, 4.69) is 46.3 Å². The van der Waals surface area contributed by atoms with Crippen LogP contribution in [0.25, 0.3) is 0 Å². The molecule has 1 amide bonds. The van der Waals surface area contributed by atoms with E-state index in [-0.39, 0.29) is 5.91 Å². The Morgan fingerprint density at radius 3 is 2.13 bits per heavy atom. The quantitative estimate of drug-likeness (QED) is 0.805. The Morgan fingerprint density at radius 1 is 0.871 bits per heavy atom. The van der Waals surface area contributed by atoms with Crippen LogP contribution in [0.1, 0.15) is 31.2 Å². The zero-order chi connectivity index (χ0) is 21.8. The smallest absolute Gasteiger partial charge is 0.228 e. The van der Waals surface area contributed by atoms with Gasteiger partial charge in [-0.15, -0.1) is 0 Å². The number of carboxylic acids is 1. The topological polar surface area (TPSA) is 75.7 Å². The summed E-state index contributed by atoms with van der Waals surface area (Å²) in [5.41, 5.74) is 4.44. The van der Waals surface area contributed by atoms with E-state index in [1.807, 2.05) is 24.3 Å². The van der Waals surface area contributed by atoms with Gasteiger partial charge in [0.25, 0.3) is 0 Å². The van der Waals surface area contributed by atoms with Crippen molar-refractivity contribution in [2.24, 2.45) is 11.8 Å². The van der Waals surface area contributed by atoms with Gasteiger partial charge < -0.3 is 25.0 Å². The molecule has 1 N–H and O–H groups in total. The van der Waals surface area contributed by atoms with Crippen molar-refractivity contribution in [2.75, 3.05) is 41.3 Å². The number of aliphatic carboxylic acids is 1. The SMILES string of the molecule is Cc1ccccc1N1CCN(c2ccc(NC(=O)[C@H]3CCCC[C@H]3C(=O)[O-])cc2)CC1. The molecule has 2 aliphatic rings. The molecule has 1 saturated carbocycles. The number of hydrogen-bond acceptors (Lipinski definition) is 5. The molecule has 2 atom stereocenters. The summed E-state index contributed by atoms with van der Waals surface area (Å²) < 4.78 is 0. The minimum absolute atomic E-state index is 0.214. The zero-order valence-electron chi connectivity index (χ0n) is 18.0. The summed E-state index contributed by atoms with van der Waals surface area (Å²) in [6, 6.07) is 16.3. The minimum Gasteiger partial charge on any atom is -0.550 e. The summed E-state index contributed by atoms with van der Waals surface area (Å²) in [6.45, 7) is 5.97. The largest absolute Gasteiger partial charge is 0.550 e. The molecule has 4 rings (SSSR count). The van der Waals surface area contributed by atoms with E-state index in [0.29, 0.717) is 18.5 Å². The van der Waals surface area contributed by atoms with Crippen LogP contribution in [-0.2, 0) is 9.59 Å². The highest BCUT2D eigenvalue weighted by Crippen LogP contribution is 2.31. The van der Waals surface area contributed by atoms with Crippen molar-refractivity contribution >= 4 is 28.9 Å². The number of piperazine rings is 1. The van der Waals surface area contributed by atoms with Gasteiger partial charge in [-0.2, -0.15) is 0 Å². The number of carbonyl (C=O) groups excluding carboxylic acids is 2. The third kappa shape index (κ3) is 4.84. The van der Waals surface area contributed by atoms with Gasteiger partial charge in [0.05, 0.1) is 0 Å². The number of hydrogen-bond donors (Lipinski definition) is 1. The molecule has 164 valence electrons. The van der Waals surface area contributed by atoms with Gasteiger partial charge in [-0.1, -0.05) is 31.0 Å². The summed E-state index contributed by atoms with van der Waals surface area (Å²) in [5.74, 6) is -2.51. The van der Waals surface area contributed by atoms with E-state index in [0.717, 1.165) is 44.7 Å². The average molecular weight is 421 g/mol. The summed E-state index contributed by atoms with van der Waals surface area (Å²) in [4.78, 5) is 28.8. The van der Waals surface area contributed by atoms with E-state index >= 15 is 0 Å². The van der Waals surface area contributed by atoms with Crippen molar-refractivity contribution in [2.45, 2.75) is 32.6 Å². The van der Waals surface area contributed by atoms with Crippen LogP contribution < -0.4 is 20.2 Å². The Hall–Kier alpha value is -3.02. The second-order valence-electron chi connectivity index (χ2n) is 8.61. The van der Waals surface area contributed by atoms with Crippen molar-refractivity contribution in [3.05, 3.63) is 54.1 Å². The average Bonchev–Trinajstić information content (AvgIpc) is 2.80. The lowest BCUT2D eigenvalue weighted by atomic mass is 9.78. The number of nitrogens with one attached hydrogen (secondary N) is 1. The fourth-order valence-electron chi connectivity index (χ4n) is 4.84. The fraction of sp³-hybridized carbons (Fsp3) is 0.440. The first-order valence-corrected chi connectivity index (χ1v) is 11.2. The summed E-state index contributed by atoms with van der Waals surface area (Å²) in [7, 11) is 0. The van der Waals surface area contributed by atoms with Gasteiger partial charge in [0, 0.05) is 61.0 Å². The lowest BCUT2D eigenvalue weighted by Crippen LogP contribution is -2.46. The van der Waals surface area contributed by atoms with Crippen molar-refractivity contribution < 1.29 is 14.7 Å². The van der Waals surface area contributed by atoms with Crippen LogP contribution in [0, 0.1) is 18.8 Å². The van der Waals surface area contributed by atoms with Crippen molar-refractivity contribution in [3.8, 4) is 0 Å². The van der Waals surface area contributed by atoms with Gasteiger partial charge in [0.15, 0.2) is 0 Å². The van der Waals surface area contributed by atoms with Crippen LogP contribution in [0.5, 0.6) is 0 Å². The molecule has 0 spiro atoms. The van der Waals surface area contributed by atoms with Crippen LogP contribution >= 0.6 is 0 Å². The third-order valence-corrected chi connectivity index (χ3v) is 6.64. The van der Waals surface area contributed by atoms with Crippen LogP contribution in [0.2, 0.25) is 0 Å². The first-order valence-electron chi connectivity index (χ1n) is 11.2. The molecule has 6 nitrogen and oxygen atoms in total. The van der Waals surface area contributed by atoms with Gasteiger partial charge >= 0.3 is 0 Å². The molecule has 0 unspecified atom stereocenters. The Balaban J connectivity index is 1.34. The number of carboxylic acid groups (broad SMARTS) is 1. The van der Waals surface area contributed by atoms with E-state index < -0.39 is 17.8 Å². The molecule has 1 aliphatic heterocycles. The highest BCUT2D eigenvalue weighted by Gasteiger charge is 2.31. The first kappa shape index (κ1) is 21.2. The number of aryl methyl sites for hydroxylation is 1. The fourth-order valence-corrected chi connectivity index (χ4v) is 4.84. The molecule has 2 aromatic carbocycles. The van der Waals surface area contributed by atoms with E-state index in [1.165, 1.54) is 11.3 Å². The summed E-state index contributed by atoms with van der Waals surface area (Å²) in [6.07, 6.45) is 2.85. The molecule has 1 heterocycles. The number of amides is 1. The van der Waals surface area contributed by atoms with E-state index in [1.54, 1.807) is 0 Å². The molecule has 0 bridgehead atoms. The Morgan fingerprint density at radius 2 is 1.48 bits per heavy atom. The highest BCUT2D eigenvalue weighted by atomic mass is 16.4. The minimum atomic E-state index is -1.11. The Bertz CT molecular complexity index is 920. The molecule has 0 radical (unpaired) electrons. The Labute approximate surface area is 183 Å². The second-order valence-corrected chi connectivity index (χ2v) is 8.61. The molecular formula is C25H30N3O3-. The maximum absolute atomic E-state index is 12.6. The highest BCUT2D eigenvalue weighted by molar-refractivity contribution is 5.95.